The van der Waals surface area contributed by atoms with Crippen molar-refractivity contribution in [3.63, 3.8) is 0 Å². The third-order valence-electron chi connectivity index (χ3n) is 4.16. The number of carbonyl (C=O) groups is 1. The molecule has 0 atom stereocenters. The number of nitrogens with zero attached hydrogens (tertiary/aromatic N) is 2. The zero-order valence-electron chi connectivity index (χ0n) is 14.4. The summed E-state index contributed by atoms with van der Waals surface area (Å²) in [6.07, 6.45) is 2.11. The van der Waals surface area contributed by atoms with Gasteiger partial charge in [-0.3, -0.25) is 9.20 Å². The second kappa shape index (κ2) is 6.32. The maximum absolute atomic E-state index is 13.1. The van der Waals surface area contributed by atoms with Gasteiger partial charge in [0.1, 0.15) is 16.0 Å². The second-order valence-corrected chi connectivity index (χ2v) is 8.60. The van der Waals surface area contributed by atoms with Gasteiger partial charge in [-0.15, -0.1) is 23.1 Å². The first-order valence-electron chi connectivity index (χ1n) is 8.24. The molecule has 126 valence electrons. The molecule has 3 heterocycles. The molecule has 0 spiro atoms. The first kappa shape index (κ1) is 16.4. The van der Waals surface area contributed by atoms with Gasteiger partial charge in [-0.1, -0.05) is 43.3 Å². The summed E-state index contributed by atoms with van der Waals surface area (Å²) in [5.74, 6) is 1.02. The molecule has 1 aromatic carbocycles. The van der Waals surface area contributed by atoms with E-state index in [0.29, 0.717) is 5.56 Å². The SMILES string of the molecule is CCSc1sc(C(=O)c2ccccc2)c2nc3c(C)cc(C)cn3c12. The summed E-state index contributed by atoms with van der Waals surface area (Å²) >= 11 is 3.34. The topological polar surface area (TPSA) is 34.4 Å². The molecule has 0 saturated heterocycles. The van der Waals surface area contributed by atoms with Crippen molar-refractivity contribution in [3.8, 4) is 0 Å². The molecule has 0 bridgehead atoms. The molecule has 4 rings (SSSR count). The van der Waals surface area contributed by atoms with Gasteiger partial charge >= 0.3 is 0 Å². The molecular weight excluding hydrogens is 348 g/mol. The Morgan fingerprint density at radius 1 is 1.24 bits per heavy atom. The lowest BCUT2D eigenvalue weighted by Gasteiger charge is -2.02. The van der Waals surface area contributed by atoms with Gasteiger partial charge < -0.3 is 0 Å². The van der Waals surface area contributed by atoms with Crippen LogP contribution in [0.25, 0.3) is 16.7 Å². The fourth-order valence-corrected chi connectivity index (χ4v) is 5.49. The highest BCUT2D eigenvalue weighted by Gasteiger charge is 2.23. The van der Waals surface area contributed by atoms with Gasteiger partial charge in [-0.2, -0.15) is 0 Å². The van der Waals surface area contributed by atoms with Crippen molar-refractivity contribution in [2.24, 2.45) is 0 Å². The monoisotopic (exact) mass is 366 g/mol. The number of fused-ring (bicyclic) bond motifs is 3. The molecule has 0 aliphatic rings. The highest BCUT2D eigenvalue weighted by atomic mass is 32.2. The Bertz CT molecular complexity index is 1090. The molecule has 0 radical (unpaired) electrons. The zero-order valence-corrected chi connectivity index (χ0v) is 16.0. The Hall–Kier alpha value is -2.11. The van der Waals surface area contributed by atoms with E-state index < -0.39 is 0 Å². The Balaban J connectivity index is 2.03. The Kier molecular flexibility index (Phi) is 4.13. The van der Waals surface area contributed by atoms with Crippen molar-refractivity contribution in [2.45, 2.75) is 25.0 Å². The van der Waals surface area contributed by atoms with E-state index in [1.807, 2.05) is 30.3 Å². The van der Waals surface area contributed by atoms with E-state index >= 15 is 0 Å². The standard InChI is InChI=1S/C20H18N2OS2/c1-4-24-20-16-15(21-19-13(3)10-12(2)11-22(16)19)18(25-20)17(23)14-8-6-5-7-9-14/h5-11H,4H2,1-3H3. The lowest BCUT2D eigenvalue weighted by Crippen LogP contribution is -1.98. The highest BCUT2D eigenvalue weighted by Crippen LogP contribution is 2.40. The average Bonchev–Trinajstić information content (AvgIpc) is 3.14. The van der Waals surface area contributed by atoms with Crippen LogP contribution in [0.3, 0.4) is 0 Å². The molecule has 0 aliphatic heterocycles. The number of hydrogen-bond acceptors (Lipinski definition) is 4. The summed E-state index contributed by atoms with van der Waals surface area (Å²) in [7, 11) is 0. The van der Waals surface area contributed by atoms with Crippen molar-refractivity contribution in [1.29, 1.82) is 0 Å². The van der Waals surface area contributed by atoms with Crippen molar-refractivity contribution in [1.82, 2.24) is 9.38 Å². The van der Waals surface area contributed by atoms with E-state index in [4.69, 9.17) is 4.98 Å². The van der Waals surface area contributed by atoms with Crippen LogP contribution in [0.15, 0.2) is 46.8 Å². The fourth-order valence-electron chi connectivity index (χ4n) is 3.13. The predicted octanol–water partition coefficient (Wildman–Crippen LogP) is 5.51. The number of pyridine rings is 1. The molecule has 0 aliphatic carbocycles. The molecule has 0 saturated carbocycles. The second-order valence-electron chi connectivity index (χ2n) is 6.05. The van der Waals surface area contributed by atoms with Gasteiger partial charge in [0.25, 0.3) is 0 Å². The van der Waals surface area contributed by atoms with E-state index in [-0.39, 0.29) is 5.78 Å². The van der Waals surface area contributed by atoms with E-state index in [0.717, 1.165) is 37.1 Å². The molecule has 3 nitrogen and oxygen atoms in total. The van der Waals surface area contributed by atoms with Crippen LogP contribution >= 0.6 is 23.1 Å². The number of carbonyl (C=O) groups excluding carboxylic acids is 1. The first-order valence-corrected chi connectivity index (χ1v) is 10.0. The van der Waals surface area contributed by atoms with E-state index in [1.54, 1.807) is 23.1 Å². The summed E-state index contributed by atoms with van der Waals surface area (Å²) in [6, 6.07) is 11.6. The molecule has 3 aromatic heterocycles. The van der Waals surface area contributed by atoms with Crippen LogP contribution in [0.2, 0.25) is 0 Å². The van der Waals surface area contributed by atoms with Crippen LogP contribution in [0.4, 0.5) is 0 Å². The van der Waals surface area contributed by atoms with Crippen molar-refractivity contribution in [3.05, 3.63) is 64.2 Å². The van der Waals surface area contributed by atoms with Crippen LogP contribution in [-0.4, -0.2) is 20.9 Å². The zero-order chi connectivity index (χ0) is 17.6. The van der Waals surface area contributed by atoms with Gasteiger partial charge in [-0.25, -0.2) is 4.98 Å². The van der Waals surface area contributed by atoms with E-state index in [9.17, 15) is 4.79 Å². The number of ketones is 1. The van der Waals surface area contributed by atoms with Crippen LogP contribution < -0.4 is 0 Å². The molecule has 0 unspecified atom stereocenters. The number of aromatic nitrogens is 2. The third kappa shape index (κ3) is 2.68. The minimum absolute atomic E-state index is 0.0522. The summed E-state index contributed by atoms with van der Waals surface area (Å²) in [5.41, 5.74) is 5.86. The average molecular weight is 367 g/mol. The lowest BCUT2D eigenvalue weighted by atomic mass is 10.1. The van der Waals surface area contributed by atoms with Gasteiger partial charge in [0.15, 0.2) is 0 Å². The largest absolute Gasteiger partial charge is 0.297 e. The van der Waals surface area contributed by atoms with Crippen molar-refractivity contribution >= 4 is 45.6 Å². The molecule has 0 N–H and O–H groups in total. The molecule has 25 heavy (non-hydrogen) atoms. The maximum atomic E-state index is 13.1. The molecule has 5 heteroatoms. The summed E-state index contributed by atoms with van der Waals surface area (Å²) in [6.45, 7) is 6.30. The Morgan fingerprint density at radius 2 is 2.00 bits per heavy atom. The Labute approximate surface area is 154 Å². The van der Waals surface area contributed by atoms with Crippen molar-refractivity contribution in [2.75, 3.05) is 5.75 Å². The first-order chi connectivity index (χ1) is 12.1. The smallest absolute Gasteiger partial charge is 0.205 e. The van der Waals surface area contributed by atoms with Crippen LogP contribution in [-0.2, 0) is 0 Å². The number of thioether (sulfide) groups is 1. The maximum Gasteiger partial charge on any atom is 0.205 e. The van der Waals surface area contributed by atoms with Crippen LogP contribution in [0.1, 0.15) is 33.3 Å². The lowest BCUT2D eigenvalue weighted by molar-refractivity contribution is 0.104. The summed E-state index contributed by atoms with van der Waals surface area (Å²) in [5, 5.41) is 0. The van der Waals surface area contributed by atoms with E-state index in [2.05, 4.69) is 37.4 Å². The third-order valence-corrected chi connectivity index (χ3v) is 6.47. The summed E-state index contributed by atoms with van der Waals surface area (Å²) < 4.78 is 3.31. The number of aryl methyl sites for hydroxylation is 2. The molecule has 0 fully saturated rings. The van der Waals surface area contributed by atoms with Crippen LogP contribution in [0.5, 0.6) is 0 Å². The number of imidazole rings is 1. The molecular formula is C20H18N2OS2. The number of thiophene rings is 1. The highest BCUT2D eigenvalue weighted by molar-refractivity contribution is 8.01. The quantitative estimate of drug-likeness (QED) is 0.353. The molecule has 0 amide bonds. The normalized spacial score (nSPS) is 11.5. The number of benzene rings is 1. The molecule has 4 aromatic rings. The van der Waals surface area contributed by atoms with Crippen LogP contribution in [0, 0.1) is 13.8 Å². The fraction of sp³-hybridized carbons (Fsp3) is 0.200. The van der Waals surface area contributed by atoms with Gasteiger partial charge in [0, 0.05) is 11.8 Å². The van der Waals surface area contributed by atoms with Crippen molar-refractivity contribution < 1.29 is 4.79 Å². The minimum Gasteiger partial charge on any atom is -0.297 e. The summed E-state index contributed by atoms with van der Waals surface area (Å²) in [4.78, 5) is 18.6. The Morgan fingerprint density at radius 3 is 2.72 bits per heavy atom. The van der Waals surface area contributed by atoms with Gasteiger partial charge in [0.05, 0.1) is 9.73 Å². The van der Waals surface area contributed by atoms with E-state index in [1.165, 1.54) is 5.56 Å². The number of rotatable bonds is 4. The minimum atomic E-state index is 0.0522. The van der Waals surface area contributed by atoms with Gasteiger partial charge in [-0.05, 0) is 30.7 Å². The predicted molar refractivity (Wildman–Crippen MR) is 106 cm³/mol. The van der Waals surface area contributed by atoms with Gasteiger partial charge in [0.2, 0.25) is 5.78 Å². The number of hydrogen-bond donors (Lipinski definition) is 0.